The highest BCUT2D eigenvalue weighted by Crippen LogP contribution is 2.37. The van der Waals surface area contributed by atoms with Gasteiger partial charge in [0.15, 0.2) is 0 Å². The Morgan fingerprint density at radius 1 is 1.22 bits per heavy atom. The van der Waals surface area contributed by atoms with Crippen LogP contribution < -0.4 is 4.90 Å². The minimum Gasteiger partial charge on any atom is -0.465 e. The fourth-order valence-electron chi connectivity index (χ4n) is 4.64. The number of hydrogen-bond donors (Lipinski definition) is 0. The van der Waals surface area contributed by atoms with Crippen molar-refractivity contribution >= 4 is 11.7 Å². The highest BCUT2D eigenvalue weighted by atomic mass is 19.4. The fourth-order valence-corrected chi connectivity index (χ4v) is 4.64. The van der Waals surface area contributed by atoms with Crippen LogP contribution in [0.2, 0.25) is 0 Å². The Balaban J connectivity index is 1.87. The van der Waals surface area contributed by atoms with E-state index in [2.05, 4.69) is 24.0 Å². The number of anilines is 1. The second kappa shape index (κ2) is 9.94. The van der Waals surface area contributed by atoms with Crippen molar-refractivity contribution in [3.05, 3.63) is 64.7 Å². The van der Waals surface area contributed by atoms with Gasteiger partial charge in [0.1, 0.15) is 0 Å². The third kappa shape index (κ3) is 5.26. The summed E-state index contributed by atoms with van der Waals surface area (Å²) in [5, 5.41) is 0. The molecule has 1 heterocycles. The smallest absolute Gasteiger partial charge is 0.416 e. The Hall–Kier alpha value is -2.54. The molecule has 2 atom stereocenters. The molecule has 0 saturated carbocycles. The number of hydrogen-bond acceptors (Lipinski definition) is 4. The zero-order valence-corrected chi connectivity index (χ0v) is 19.1. The van der Waals surface area contributed by atoms with Gasteiger partial charge in [-0.2, -0.15) is 13.2 Å². The lowest BCUT2D eigenvalue weighted by atomic mass is 9.93. The van der Waals surface area contributed by atoms with E-state index >= 15 is 0 Å². The molecule has 1 saturated heterocycles. The molecule has 3 rings (SSSR count). The summed E-state index contributed by atoms with van der Waals surface area (Å²) in [5.74, 6) is -0.753. The van der Waals surface area contributed by atoms with E-state index in [0.717, 1.165) is 32.0 Å². The van der Waals surface area contributed by atoms with Crippen LogP contribution >= 0.6 is 0 Å². The maximum absolute atomic E-state index is 13.6. The normalized spacial score (nSPS) is 19.6. The molecule has 2 unspecified atom stereocenters. The number of alkyl halides is 3. The van der Waals surface area contributed by atoms with Crippen molar-refractivity contribution in [2.45, 2.75) is 58.4 Å². The number of halogens is 3. The van der Waals surface area contributed by atoms with Crippen LogP contribution in [0.1, 0.15) is 53.7 Å². The Morgan fingerprint density at radius 2 is 1.91 bits per heavy atom. The predicted octanol–water partition coefficient (Wildman–Crippen LogP) is 5.68. The minimum absolute atomic E-state index is 0.0367. The number of ether oxygens (including phenoxy) is 1. The van der Waals surface area contributed by atoms with Gasteiger partial charge in [-0.15, -0.1) is 0 Å². The van der Waals surface area contributed by atoms with Crippen molar-refractivity contribution in [2.24, 2.45) is 0 Å². The summed E-state index contributed by atoms with van der Waals surface area (Å²) in [5.41, 5.74) is 1.36. The van der Waals surface area contributed by atoms with Gasteiger partial charge in [-0.25, -0.2) is 4.79 Å². The number of nitrogens with zero attached hydrogens (tertiary/aromatic N) is 2. The summed E-state index contributed by atoms with van der Waals surface area (Å²) < 4.78 is 45.6. The third-order valence-corrected chi connectivity index (χ3v) is 6.42. The molecule has 1 aliphatic heterocycles. The van der Waals surface area contributed by atoms with Crippen LogP contribution in [-0.2, 0) is 17.5 Å². The lowest BCUT2D eigenvalue weighted by molar-refractivity contribution is -0.137. The van der Waals surface area contributed by atoms with Crippen LogP contribution in [-0.4, -0.2) is 43.2 Å². The van der Waals surface area contributed by atoms with Gasteiger partial charge in [-0.05, 0) is 56.9 Å². The third-order valence-electron chi connectivity index (χ3n) is 6.42. The van der Waals surface area contributed by atoms with Gasteiger partial charge in [0.05, 0.1) is 18.2 Å². The number of carbonyl (C=O) groups excluding carboxylic acids is 1. The molecule has 32 heavy (non-hydrogen) atoms. The van der Waals surface area contributed by atoms with Crippen molar-refractivity contribution in [3.8, 4) is 0 Å². The molecule has 4 nitrogen and oxygen atoms in total. The quantitative estimate of drug-likeness (QED) is 0.533. The summed E-state index contributed by atoms with van der Waals surface area (Å²) >= 11 is 0. The van der Waals surface area contributed by atoms with Gasteiger partial charge in [0.2, 0.25) is 0 Å². The number of carbonyl (C=O) groups is 1. The average molecular weight is 449 g/mol. The Bertz CT molecular complexity index is 931. The Kier molecular flexibility index (Phi) is 7.49. The maximum Gasteiger partial charge on any atom is 0.416 e. The minimum atomic E-state index is -4.54. The molecule has 2 aromatic carbocycles. The first-order valence-electron chi connectivity index (χ1n) is 11.0. The molecule has 0 N–H and O–H groups in total. The van der Waals surface area contributed by atoms with Crippen LogP contribution in [0.5, 0.6) is 0 Å². The number of rotatable bonds is 6. The SMILES string of the molecule is CCN(c1cc(C(F)(F)F)cc(C(=O)OC)c1C)C1CCN(Cc2ccccc2)C(C)C1. The number of methoxy groups -OCH3 is 1. The molecule has 0 bridgehead atoms. The average Bonchev–Trinajstić information content (AvgIpc) is 2.76. The maximum atomic E-state index is 13.6. The van der Waals surface area contributed by atoms with Crippen molar-refractivity contribution in [1.29, 1.82) is 0 Å². The number of esters is 1. The van der Waals surface area contributed by atoms with E-state index in [1.165, 1.54) is 18.7 Å². The van der Waals surface area contributed by atoms with Gasteiger partial charge < -0.3 is 9.64 Å². The summed E-state index contributed by atoms with van der Waals surface area (Å²) in [7, 11) is 1.18. The summed E-state index contributed by atoms with van der Waals surface area (Å²) in [6, 6.07) is 12.7. The molecule has 0 aliphatic carbocycles. The van der Waals surface area contributed by atoms with Crippen LogP contribution in [0.4, 0.5) is 18.9 Å². The van der Waals surface area contributed by atoms with Crippen molar-refractivity contribution in [1.82, 2.24) is 4.90 Å². The van der Waals surface area contributed by atoms with Crippen LogP contribution in [0.15, 0.2) is 42.5 Å². The first kappa shape index (κ1) is 24.1. The molecule has 7 heteroatoms. The Morgan fingerprint density at radius 3 is 2.47 bits per heavy atom. The molecular weight excluding hydrogens is 417 g/mol. The summed E-state index contributed by atoms with van der Waals surface area (Å²) in [4.78, 5) is 16.6. The van der Waals surface area contributed by atoms with E-state index in [4.69, 9.17) is 4.74 Å². The Labute approximate surface area is 188 Å². The van der Waals surface area contributed by atoms with Crippen LogP contribution in [0, 0.1) is 6.92 Å². The monoisotopic (exact) mass is 448 g/mol. The van der Waals surface area contributed by atoms with Crippen molar-refractivity contribution < 1.29 is 22.7 Å². The molecular formula is C25H31F3N2O2. The number of likely N-dealkylation sites (tertiary alicyclic amines) is 1. The van der Waals surface area contributed by atoms with E-state index < -0.39 is 17.7 Å². The lowest BCUT2D eigenvalue weighted by Gasteiger charge is -2.43. The zero-order chi connectivity index (χ0) is 23.5. The zero-order valence-electron chi connectivity index (χ0n) is 19.1. The van der Waals surface area contributed by atoms with E-state index in [1.807, 2.05) is 30.0 Å². The van der Waals surface area contributed by atoms with Gasteiger partial charge in [-0.3, -0.25) is 4.90 Å². The van der Waals surface area contributed by atoms with Gasteiger partial charge in [0, 0.05) is 37.4 Å². The molecule has 1 fully saturated rings. The molecule has 0 amide bonds. The second-order valence-corrected chi connectivity index (χ2v) is 8.43. The number of benzene rings is 2. The molecule has 0 aromatic heterocycles. The predicted molar refractivity (Wildman–Crippen MR) is 120 cm³/mol. The second-order valence-electron chi connectivity index (χ2n) is 8.43. The van der Waals surface area contributed by atoms with E-state index in [-0.39, 0.29) is 17.6 Å². The van der Waals surface area contributed by atoms with Crippen LogP contribution in [0.25, 0.3) is 0 Å². The first-order chi connectivity index (χ1) is 15.2. The van der Waals surface area contributed by atoms with Gasteiger partial charge in [0.25, 0.3) is 0 Å². The van der Waals surface area contributed by atoms with Gasteiger partial charge >= 0.3 is 12.1 Å². The van der Waals surface area contributed by atoms with E-state index in [9.17, 15) is 18.0 Å². The highest BCUT2D eigenvalue weighted by molar-refractivity contribution is 5.93. The first-order valence-corrected chi connectivity index (χ1v) is 11.0. The van der Waals surface area contributed by atoms with E-state index in [1.54, 1.807) is 6.92 Å². The fraction of sp³-hybridized carbons (Fsp3) is 0.480. The van der Waals surface area contributed by atoms with Crippen molar-refractivity contribution in [3.63, 3.8) is 0 Å². The summed E-state index contributed by atoms with van der Waals surface area (Å²) in [6.07, 6.45) is -2.87. The molecule has 0 spiro atoms. The highest BCUT2D eigenvalue weighted by Gasteiger charge is 2.35. The largest absolute Gasteiger partial charge is 0.465 e. The standard InChI is InChI=1S/C25H31F3N2O2/c1-5-30(21-11-12-29(17(2)13-21)16-19-9-7-6-8-10-19)23-15-20(25(26,27)28)14-22(18(23)3)24(31)32-4/h6-10,14-15,17,21H,5,11-13,16H2,1-4H3. The van der Waals surface area contributed by atoms with E-state index in [0.29, 0.717) is 17.8 Å². The van der Waals surface area contributed by atoms with Crippen LogP contribution in [0.3, 0.4) is 0 Å². The molecule has 2 aromatic rings. The molecule has 0 radical (unpaired) electrons. The lowest BCUT2D eigenvalue weighted by Crippen LogP contribution is -2.49. The molecule has 1 aliphatic rings. The van der Waals surface area contributed by atoms with Crippen molar-refractivity contribution in [2.75, 3.05) is 25.1 Å². The summed E-state index contributed by atoms with van der Waals surface area (Å²) in [6.45, 7) is 8.08. The topological polar surface area (TPSA) is 32.8 Å². The molecule has 174 valence electrons. The number of piperidine rings is 1. The van der Waals surface area contributed by atoms with Gasteiger partial charge in [-0.1, -0.05) is 30.3 Å².